The molecule has 0 saturated heterocycles. The minimum absolute atomic E-state index is 1.12. The van der Waals surface area contributed by atoms with Gasteiger partial charge in [-0.2, -0.15) is 0 Å². The molecule has 1 aromatic heterocycles. The van der Waals surface area contributed by atoms with Gasteiger partial charge in [-0.3, -0.25) is 4.98 Å². The molecule has 0 atom stereocenters. The van der Waals surface area contributed by atoms with Gasteiger partial charge >= 0.3 is 0 Å². The molecule has 1 heterocycles. The fourth-order valence-corrected chi connectivity index (χ4v) is 2.05. The third-order valence-corrected chi connectivity index (χ3v) is 3.32. The second-order valence-corrected chi connectivity index (χ2v) is 4.48. The molecule has 0 fully saturated rings. The van der Waals surface area contributed by atoms with Crippen molar-refractivity contribution in [3.8, 4) is 0 Å². The average molecular weight is 213 g/mol. The van der Waals surface area contributed by atoms with Crippen LogP contribution in [0.2, 0.25) is 0 Å². The van der Waals surface area contributed by atoms with Crippen LogP contribution in [-0.4, -0.2) is 4.98 Å². The maximum atomic E-state index is 4.43. The first-order chi connectivity index (χ1) is 7.70. The Hall–Kier alpha value is -1.37. The second-order valence-electron chi connectivity index (χ2n) is 4.48. The van der Waals surface area contributed by atoms with Crippen LogP contribution < -0.4 is 0 Å². The Bertz CT molecular complexity index is 453. The van der Waals surface area contributed by atoms with E-state index in [9.17, 15) is 0 Å². The molecule has 1 aromatic rings. The third kappa shape index (κ3) is 2.24. The monoisotopic (exact) mass is 213 g/mol. The maximum Gasteiger partial charge on any atom is 0.0402 e. The summed E-state index contributed by atoms with van der Waals surface area (Å²) in [5.41, 5.74) is 6.55. The Morgan fingerprint density at radius 2 is 2.12 bits per heavy atom. The molecular weight excluding hydrogens is 194 g/mol. The molecule has 1 aliphatic carbocycles. The van der Waals surface area contributed by atoms with Crippen LogP contribution in [-0.2, 0) is 0 Å². The number of hydrogen-bond donors (Lipinski definition) is 0. The fraction of sp³-hybridized carbons (Fsp3) is 0.400. The first-order valence-corrected chi connectivity index (χ1v) is 6.04. The van der Waals surface area contributed by atoms with Gasteiger partial charge in [-0.25, -0.2) is 0 Å². The van der Waals surface area contributed by atoms with Crippen LogP contribution in [0.1, 0.15) is 43.0 Å². The molecule has 0 saturated carbocycles. The molecule has 1 nitrogen and oxygen atoms in total. The van der Waals surface area contributed by atoms with E-state index < -0.39 is 0 Å². The van der Waals surface area contributed by atoms with Gasteiger partial charge in [0, 0.05) is 11.9 Å². The first kappa shape index (κ1) is 11.1. The van der Waals surface area contributed by atoms with Crippen LogP contribution >= 0.6 is 0 Å². The van der Waals surface area contributed by atoms with Crippen molar-refractivity contribution >= 4 is 5.57 Å². The molecule has 0 aromatic carbocycles. The van der Waals surface area contributed by atoms with E-state index in [2.05, 4.69) is 44.0 Å². The van der Waals surface area contributed by atoms with Crippen LogP contribution in [0.25, 0.3) is 5.57 Å². The van der Waals surface area contributed by atoms with Crippen LogP contribution in [0.4, 0.5) is 0 Å². The molecule has 1 aliphatic rings. The van der Waals surface area contributed by atoms with E-state index in [0.29, 0.717) is 0 Å². The van der Waals surface area contributed by atoms with Gasteiger partial charge in [0.2, 0.25) is 0 Å². The summed E-state index contributed by atoms with van der Waals surface area (Å²) in [5.74, 6) is 0. The molecule has 16 heavy (non-hydrogen) atoms. The molecule has 1 heteroatoms. The number of aryl methyl sites for hydroxylation is 2. The fourth-order valence-electron chi connectivity index (χ4n) is 2.05. The van der Waals surface area contributed by atoms with Crippen molar-refractivity contribution in [2.24, 2.45) is 0 Å². The summed E-state index contributed by atoms with van der Waals surface area (Å²) in [6.45, 7) is 6.41. The zero-order valence-corrected chi connectivity index (χ0v) is 10.4. The van der Waals surface area contributed by atoms with Gasteiger partial charge in [-0.15, -0.1) is 0 Å². The van der Waals surface area contributed by atoms with Crippen LogP contribution in [0, 0.1) is 13.8 Å². The molecule has 0 spiro atoms. The minimum Gasteiger partial charge on any atom is -0.261 e. The topological polar surface area (TPSA) is 12.9 Å². The predicted octanol–water partition coefficient (Wildman–Crippen LogP) is 4.21. The Morgan fingerprint density at radius 3 is 2.81 bits per heavy atom. The van der Waals surface area contributed by atoms with Crippen LogP contribution in [0.15, 0.2) is 30.0 Å². The van der Waals surface area contributed by atoms with E-state index in [0.717, 1.165) is 12.1 Å². The molecule has 2 rings (SSSR count). The lowest BCUT2D eigenvalue weighted by molar-refractivity contribution is 0.898. The van der Waals surface area contributed by atoms with E-state index >= 15 is 0 Å². The average Bonchev–Trinajstić information content (AvgIpc) is 2.33. The van der Waals surface area contributed by atoms with E-state index in [4.69, 9.17) is 0 Å². The summed E-state index contributed by atoms with van der Waals surface area (Å²) in [7, 11) is 0. The summed E-state index contributed by atoms with van der Waals surface area (Å²) in [6, 6.07) is 2.24. The molecule has 0 bridgehead atoms. The van der Waals surface area contributed by atoms with E-state index in [1.807, 2.05) is 6.20 Å². The van der Waals surface area contributed by atoms with Crippen LogP contribution in [0.3, 0.4) is 0 Å². The smallest absolute Gasteiger partial charge is 0.0402 e. The summed E-state index contributed by atoms with van der Waals surface area (Å²) in [4.78, 5) is 4.43. The molecule has 0 N–H and O–H groups in total. The summed E-state index contributed by atoms with van der Waals surface area (Å²) in [6.07, 6.45) is 10.2. The number of pyridine rings is 1. The van der Waals surface area contributed by atoms with Gasteiger partial charge in [-0.05, 0) is 55.9 Å². The highest BCUT2D eigenvalue weighted by Gasteiger charge is 2.07. The summed E-state index contributed by atoms with van der Waals surface area (Å²) in [5, 5.41) is 0. The van der Waals surface area contributed by atoms with Crippen molar-refractivity contribution in [1.82, 2.24) is 4.98 Å². The Morgan fingerprint density at radius 1 is 1.31 bits per heavy atom. The van der Waals surface area contributed by atoms with Crippen molar-refractivity contribution in [3.63, 3.8) is 0 Å². The van der Waals surface area contributed by atoms with Gasteiger partial charge < -0.3 is 0 Å². The SMILES string of the molecule is CCC1=CC(c2cnc(C)c(C)c2)=CCC1. The zero-order valence-electron chi connectivity index (χ0n) is 10.4. The number of nitrogens with zero attached hydrogens (tertiary/aromatic N) is 1. The normalized spacial score (nSPS) is 15.7. The molecule has 0 unspecified atom stereocenters. The highest BCUT2D eigenvalue weighted by Crippen LogP contribution is 2.27. The van der Waals surface area contributed by atoms with Crippen molar-refractivity contribution in [1.29, 1.82) is 0 Å². The van der Waals surface area contributed by atoms with E-state index in [-0.39, 0.29) is 0 Å². The maximum absolute atomic E-state index is 4.43. The van der Waals surface area contributed by atoms with Gasteiger partial charge in [0.05, 0.1) is 0 Å². The highest BCUT2D eigenvalue weighted by molar-refractivity contribution is 5.75. The summed E-state index contributed by atoms with van der Waals surface area (Å²) >= 11 is 0. The van der Waals surface area contributed by atoms with Gasteiger partial charge in [-0.1, -0.05) is 24.6 Å². The molecule has 84 valence electrons. The van der Waals surface area contributed by atoms with Gasteiger partial charge in [0.15, 0.2) is 0 Å². The standard InChI is InChI=1S/C15H19N/c1-4-13-6-5-7-14(9-13)15-8-11(2)12(3)16-10-15/h7-10H,4-6H2,1-3H3. The van der Waals surface area contributed by atoms with Gasteiger partial charge in [0.1, 0.15) is 0 Å². The lowest BCUT2D eigenvalue weighted by Gasteiger charge is -2.13. The zero-order chi connectivity index (χ0) is 11.5. The lowest BCUT2D eigenvalue weighted by Crippen LogP contribution is -1.95. The third-order valence-electron chi connectivity index (χ3n) is 3.32. The summed E-state index contributed by atoms with van der Waals surface area (Å²) < 4.78 is 0. The van der Waals surface area contributed by atoms with E-state index in [1.165, 1.54) is 29.5 Å². The Balaban J connectivity index is 2.34. The molecule has 0 amide bonds. The first-order valence-electron chi connectivity index (χ1n) is 6.04. The van der Waals surface area contributed by atoms with Crippen LogP contribution in [0.5, 0.6) is 0 Å². The quantitative estimate of drug-likeness (QED) is 0.717. The van der Waals surface area contributed by atoms with Gasteiger partial charge in [0.25, 0.3) is 0 Å². The van der Waals surface area contributed by atoms with Crippen molar-refractivity contribution in [2.45, 2.75) is 40.0 Å². The number of allylic oxidation sites excluding steroid dienone is 4. The van der Waals surface area contributed by atoms with Crippen molar-refractivity contribution in [3.05, 3.63) is 46.8 Å². The molecular formula is C15H19N. The van der Waals surface area contributed by atoms with Crippen molar-refractivity contribution < 1.29 is 0 Å². The Kier molecular flexibility index (Phi) is 3.23. The largest absolute Gasteiger partial charge is 0.261 e. The number of rotatable bonds is 2. The molecule has 0 aliphatic heterocycles. The Labute approximate surface area is 97.9 Å². The predicted molar refractivity (Wildman–Crippen MR) is 69.3 cm³/mol. The van der Waals surface area contributed by atoms with Crippen molar-refractivity contribution in [2.75, 3.05) is 0 Å². The lowest BCUT2D eigenvalue weighted by atomic mass is 9.93. The molecule has 0 radical (unpaired) electrons. The number of hydrogen-bond acceptors (Lipinski definition) is 1. The highest BCUT2D eigenvalue weighted by atomic mass is 14.7. The van der Waals surface area contributed by atoms with E-state index in [1.54, 1.807) is 5.57 Å². The second kappa shape index (κ2) is 4.65. The minimum atomic E-state index is 1.12. The number of aromatic nitrogens is 1.